The molecule has 5 nitrogen and oxygen atoms in total. The molecule has 2 saturated heterocycles. The lowest BCUT2D eigenvalue weighted by Crippen LogP contribution is -3.14. The lowest BCUT2D eigenvalue weighted by molar-refractivity contribution is -0.935. The molecule has 2 rings (SSSR count). The zero-order valence-electron chi connectivity index (χ0n) is 20.9. The normalized spacial score (nSPS) is 22.5. The first-order valence-corrected chi connectivity index (χ1v) is 12.5. The van der Waals surface area contributed by atoms with Gasteiger partial charge in [-0.25, -0.2) is 0 Å². The van der Waals surface area contributed by atoms with Crippen molar-refractivity contribution in [3.05, 3.63) is 0 Å². The van der Waals surface area contributed by atoms with Crippen LogP contribution in [0.1, 0.15) is 46.0 Å². The van der Waals surface area contributed by atoms with Crippen LogP contribution >= 0.6 is 0 Å². The Morgan fingerprint density at radius 2 is 1.40 bits per heavy atom. The van der Waals surface area contributed by atoms with E-state index in [1.807, 2.05) is 0 Å². The molecule has 0 radical (unpaired) electrons. The first kappa shape index (κ1) is 34.4. The predicted octanol–water partition coefficient (Wildman–Crippen LogP) is 3.72. The second-order valence-corrected chi connectivity index (χ2v) is 8.89. The molecule has 0 aromatic rings. The molecule has 0 aromatic heterocycles. The molecule has 0 bridgehead atoms. The van der Waals surface area contributed by atoms with Crippen LogP contribution in [0.4, 0.5) is 34.5 Å². The zero-order chi connectivity index (χ0) is 26.8. The summed E-state index contributed by atoms with van der Waals surface area (Å²) in [6, 6.07) is 0. The molecule has 0 aliphatic carbocycles. The van der Waals surface area contributed by atoms with E-state index < -0.39 is 14.5 Å². The quantitative estimate of drug-likeness (QED) is 0.180. The van der Waals surface area contributed by atoms with E-state index >= 15 is 0 Å². The summed E-state index contributed by atoms with van der Waals surface area (Å²) in [7, 11) is -12.0. The van der Waals surface area contributed by atoms with E-state index in [9.17, 15) is 34.5 Å². The summed E-state index contributed by atoms with van der Waals surface area (Å²) in [6.07, 6.45) is 6.66. The first-order valence-electron chi connectivity index (χ1n) is 12.5. The van der Waals surface area contributed by atoms with Crippen molar-refractivity contribution in [2.45, 2.75) is 52.1 Å². The van der Waals surface area contributed by atoms with Gasteiger partial charge in [-0.2, -0.15) is 0 Å². The maximum Gasteiger partial charge on any atom is 0.673 e. The highest BCUT2D eigenvalue weighted by Gasteiger charge is 2.29. The number of unbranched alkanes of at least 4 members (excludes halogenated alkanes) is 2. The highest BCUT2D eigenvalue weighted by molar-refractivity contribution is 6.50. The molecule has 2 heterocycles. The van der Waals surface area contributed by atoms with E-state index in [0.717, 1.165) is 65.6 Å². The van der Waals surface area contributed by atoms with E-state index in [2.05, 4.69) is 13.8 Å². The van der Waals surface area contributed by atoms with Crippen LogP contribution in [0.2, 0.25) is 0 Å². The molecule has 2 aliphatic rings. The van der Waals surface area contributed by atoms with Gasteiger partial charge in [0.2, 0.25) is 0 Å². The van der Waals surface area contributed by atoms with Crippen LogP contribution < -0.4 is 4.90 Å². The number of nitrogens with zero attached hydrogens (tertiary/aromatic N) is 1. The Labute approximate surface area is 204 Å². The fourth-order valence-electron chi connectivity index (χ4n) is 4.05. The van der Waals surface area contributed by atoms with Gasteiger partial charge in [0.1, 0.15) is 38.8 Å². The molecular weight excluding hydrogens is 490 g/mol. The molecule has 2 aliphatic heterocycles. The summed E-state index contributed by atoms with van der Waals surface area (Å²) in [6.45, 7) is 17.4. The lowest BCUT2D eigenvalue weighted by atomic mass is 10.2. The maximum absolute atomic E-state index is 9.75. The molecule has 2 atom stereocenters. The third-order valence-electron chi connectivity index (χ3n) is 5.91. The molecule has 1 N–H and O–H groups in total. The lowest BCUT2D eigenvalue weighted by Gasteiger charge is -2.41. The van der Waals surface area contributed by atoms with Gasteiger partial charge in [-0.05, 0) is 12.8 Å². The highest BCUT2D eigenvalue weighted by Crippen LogP contribution is 2.13. The Hall–Kier alpha value is -0.630. The number of hydrogen-bond donors (Lipinski definition) is 1. The van der Waals surface area contributed by atoms with Gasteiger partial charge in [0, 0.05) is 13.0 Å². The molecule has 0 amide bonds. The molecular formula is C20H42B2F8N2O3. The Kier molecular flexibility index (Phi) is 18.3. The fourth-order valence-corrected chi connectivity index (χ4v) is 4.05. The average Bonchev–Trinajstić information content (AvgIpc) is 2.75. The van der Waals surface area contributed by atoms with Crippen molar-refractivity contribution in [1.82, 2.24) is 0 Å². The summed E-state index contributed by atoms with van der Waals surface area (Å²) in [5.41, 5.74) is 0. The third kappa shape index (κ3) is 23.5. The van der Waals surface area contributed by atoms with E-state index in [1.54, 1.807) is 4.90 Å². The van der Waals surface area contributed by atoms with Crippen LogP contribution in [0.25, 0.3) is 0 Å². The van der Waals surface area contributed by atoms with Crippen LogP contribution in [0.3, 0.4) is 0 Å². The number of hydrogen-bond acceptors (Lipinski definition) is 3. The summed E-state index contributed by atoms with van der Waals surface area (Å²) < 4.78 is 96.7. The molecule has 0 spiro atoms. The first-order chi connectivity index (χ1) is 16.3. The van der Waals surface area contributed by atoms with Gasteiger partial charge in [-0.3, -0.25) is 0 Å². The number of ether oxygens (including phenoxy) is 3. The highest BCUT2D eigenvalue weighted by atomic mass is 19.5. The molecule has 0 aromatic carbocycles. The van der Waals surface area contributed by atoms with Gasteiger partial charge in [-0.15, -0.1) is 0 Å². The second-order valence-electron chi connectivity index (χ2n) is 8.89. The van der Waals surface area contributed by atoms with Crippen LogP contribution in [-0.4, -0.2) is 104 Å². The monoisotopic (exact) mass is 532 g/mol. The summed E-state index contributed by atoms with van der Waals surface area (Å²) in [5.74, 6) is 0. The van der Waals surface area contributed by atoms with Crippen molar-refractivity contribution in [2.24, 2.45) is 0 Å². The Balaban J connectivity index is 0.000000975. The average molecular weight is 532 g/mol. The van der Waals surface area contributed by atoms with Crippen molar-refractivity contribution in [3.63, 3.8) is 0 Å². The van der Waals surface area contributed by atoms with E-state index in [0.29, 0.717) is 6.10 Å². The van der Waals surface area contributed by atoms with Gasteiger partial charge in [0.25, 0.3) is 0 Å². The summed E-state index contributed by atoms with van der Waals surface area (Å²) in [4.78, 5) is 1.72. The number of halogens is 8. The van der Waals surface area contributed by atoms with Gasteiger partial charge < -0.3 is 58.1 Å². The molecule has 212 valence electrons. The Morgan fingerprint density at radius 1 is 0.829 bits per heavy atom. The molecule has 15 heteroatoms. The van der Waals surface area contributed by atoms with Gasteiger partial charge in [0.05, 0.1) is 39.5 Å². The summed E-state index contributed by atoms with van der Waals surface area (Å²) >= 11 is 0. The molecule has 2 unspecified atom stereocenters. The Morgan fingerprint density at radius 3 is 1.94 bits per heavy atom. The Bertz CT molecular complexity index is 490. The molecule has 0 saturated carbocycles. The van der Waals surface area contributed by atoms with Crippen LogP contribution in [0.15, 0.2) is 0 Å². The number of rotatable bonds is 12. The smallest absolute Gasteiger partial charge is 0.418 e. The SMILES string of the molecule is CCCC[NH+]1CCOC(CCOCC[N+]2(CCCC)CCOCC2)C1.F[B-](F)(F)F.F[B-](F)(F)F. The number of quaternary nitrogens is 2. The minimum absolute atomic E-state index is 0.396. The van der Waals surface area contributed by atoms with Crippen LogP contribution in [0.5, 0.6) is 0 Å². The minimum Gasteiger partial charge on any atom is -0.418 e. The number of nitrogens with one attached hydrogen (secondary N) is 1. The topological polar surface area (TPSA) is 32.1 Å². The predicted molar refractivity (Wildman–Crippen MR) is 121 cm³/mol. The van der Waals surface area contributed by atoms with E-state index in [4.69, 9.17) is 14.2 Å². The van der Waals surface area contributed by atoms with Gasteiger partial charge in [0.15, 0.2) is 0 Å². The van der Waals surface area contributed by atoms with Crippen LogP contribution in [0, 0.1) is 0 Å². The maximum atomic E-state index is 9.75. The molecule has 35 heavy (non-hydrogen) atoms. The standard InChI is InChI=1S/C20H41N2O3.2BF4/c1-3-5-8-21-9-15-25-20(19-21)7-14-23-16-11-22(10-6-4-2)12-17-24-18-13-22;2*2-1(3,4)5/h20H,3-19H2,1-2H3;;/q+1;2*-1/p+1. The van der Waals surface area contributed by atoms with Crippen molar-refractivity contribution >= 4 is 14.5 Å². The van der Waals surface area contributed by atoms with Gasteiger partial charge in [-0.1, -0.05) is 26.7 Å². The van der Waals surface area contributed by atoms with Gasteiger partial charge >= 0.3 is 14.5 Å². The largest absolute Gasteiger partial charge is 0.673 e. The summed E-state index contributed by atoms with van der Waals surface area (Å²) in [5, 5.41) is 0. The second kappa shape index (κ2) is 18.6. The van der Waals surface area contributed by atoms with Crippen LogP contribution in [-0.2, 0) is 14.2 Å². The van der Waals surface area contributed by atoms with Crippen molar-refractivity contribution in [1.29, 1.82) is 0 Å². The van der Waals surface area contributed by atoms with E-state index in [-0.39, 0.29) is 0 Å². The van der Waals surface area contributed by atoms with Crippen molar-refractivity contribution in [2.75, 3.05) is 78.8 Å². The fraction of sp³-hybridized carbons (Fsp3) is 1.00. The molecule has 2 fully saturated rings. The van der Waals surface area contributed by atoms with Crippen molar-refractivity contribution in [3.8, 4) is 0 Å². The number of morpholine rings is 2. The van der Waals surface area contributed by atoms with Crippen molar-refractivity contribution < 1.29 is 58.1 Å². The zero-order valence-corrected chi connectivity index (χ0v) is 20.9. The van der Waals surface area contributed by atoms with E-state index in [1.165, 1.54) is 49.8 Å². The minimum atomic E-state index is -6.00. The third-order valence-corrected chi connectivity index (χ3v) is 5.91.